The molecular formula is C12H17ClN2O3. The van der Waals surface area contributed by atoms with Gasteiger partial charge in [0.15, 0.2) is 0 Å². The van der Waals surface area contributed by atoms with Gasteiger partial charge < -0.3 is 15.2 Å². The van der Waals surface area contributed by atoms with Crippen molar-refractivity contribution < 1.29 is 14.6 Å². The maximum Gasteiger partial charge on any atom is 0.411 e. The number of halogens is 1. The number of hydrogen-bond acceptors (Lipinski definition) is 4. The Morgan fingerprint density at radius 2 is 2.00 bits per heavy atom. The summed E-state index contributed by atoms with van der Waals surface area (Å²) in [7, 11) is 0. The second-order valence-corrected chi connectivity index (χ2v) is 3.92. The first-order valence-corrected chi connectivity index (χ1v) is 6.21. The van der Waals surface area contributed by atoms with Gasteiger partial charge in [-0.05, 0) is 31.2 Å². The minimum atomic E-state index is -0.580. The van der Waals surface area contributed by atoms with Gasteiger partial charge in [0.25, 0.3) is 0 Å². The van der Waals surface area contributed by atoms with Gasteiger partial charge in [-0.25, -0.2) is 4.79 Å². The number of rotatable bonds is 6. The van der Waals surface area contributed by atoms with Crippen LogP contribution < -0.4 is 10.6 Å². The summed E-state index contributed by atoms with van der Waals surface area (Å²) in [4.78, 5) is 11.2. The van der Waals surface area contributed by atoms with E-state index in [9.17, 15) is 9.90 Å². The zero-order valence-corrected chi connectivity index (χ0v) is 10.9. The van der Waals surface area contributed by atoms with E-state index in [0.29, 0.717) is 18.8 Å². The zero-order chi connectivity index (χ0) is 13.4. The highest BCUT2D eigenvalue weighted by atomic mass is 35.5. The number of anilines is 2. The van der Waals surface area contributed by atoms with Crippen LogP contribution in [0.1, 0.15) is 6.92 Å². The number of aliphatic hydroxyl groups is 1. The Kier molecular flexibility index (Phi) is 6.32. The quantitative estimate of drug-likeness (QED) is 0.695. The van der Waals surface area contributed by atoms with Crippen molar-refractivity contribution in [2.24, 2.45) is 0 Å². The highest BCUT2D eigenvalue weighted by Crippen LogP contribution is 2.13. The van der Waals surface area contributed by atoms with Crippen LogP contribution in [0.25, 0.3) is 0 Å². The third kappa shape index (κ3) is 5.25. The van der Waals surface area contributed by atoms with Crippen LogP contribution >= 0.6 is 11.6 Å². The molecule has 18 heavy (non-hydrogen) atoms. The van der Waals surface area contributed by atoms with Crippen LogP contribution in [0.4, 0.5) is 16.2 Å². The summed E-state index contributed by atoms with van der Waals surface area (Å²) >= 11 is 5.48. The zero-order valence-electron chi connectivity index (χ0n) is 10.1. The van der Waals surface area contributed by atoms with E-state index in [4.69, 9.17) is 16.3 Å². The molecule has 0 saturated carbocycles. The average molecular weight is 273 g/mol. The molecule has 5 nitrogen and oxygen atoms in total. The predicted octanol–water partition coefficient (Wildman–Crippen LogP) is 2.27. The summed E-state index contributed by atoms with van der Waals surface area (Å²) < 4.78 is 4.76. The Morgan fingerprint density at radius 3 is 2.56 bits per heavy atom. The Hall–Kier alpha value is -1.46. The molecule has 0 aromatic heterocycles. The molecule has 0 heterocycles. The molecular weight excluding hydrogens is 256 g/mol. The lowest BCUT2D eigenvalue weighted by atomic mass is 10.2. The fourth-order valence-corrected chi connectivity index (χ4v) is 1.36. The molecule has 1 atom stereocenters. The van der Waals surface area contributed by atoms with Crippen LogP contribution in [-0.2, 0) is 4.74 Å². The molecule has 0 aliphatic rings. The van der Waals surface area contributed by atoms with E-state index in [0.717, 1.165) is 5.69 Å². The van der Waals surface area contributed by atoms with Gasteiger partial charge in [0.1, 0.15) is 0 Å². The van der Waals surface area contributed by atoms with Gasteiger partial charge in [-0.15, -0.1) is 11.6 Å². The number of alkyl halides is 1. The Morgan fingerprint density at radius 1 is 1.39 bits per heavy atom. The monoisotopic (exact) mass is 272 g/mol. The lowest BCUT2D eigenvalue weighted by molar-refractivity contribution is 0.168. The molecule has 0 radical (unpaired) electrons. The molecule has 1 aromatic carbocycles. The molecule has 3 N–H and O–H groups in total. The van der Waals surface area contributed by atoms with E-state index in [1.54, 1.807) is 31.2 Å². The van der Waals surface area contributed by atoms with Gasteiger partial charge in [-0.3, -0.25) is 5.32 Å². The largest absolute Gasteiger partial charge is 0.450 e. The molecule has 0 aliphatic carbocycles. The van der Waals surface area contributed by atoms with Crippen molar-refractivity contribution in [2.45, 2.75) is 13.0 Å². The fraction of sp³-hybridized carbons (Fsp3) is 0.417. The maximum atomic E-state index is 11.2. The van der Waals surface area contributed by atoms with E-state index in [-0.39, 0.29) is 5.88 Å². The van der Waals surface area contributed by atoms with Crippen molar-refractivity contribution in [1.82, 2.24) is 0 Å². The van der Waals surface area contributed by atoms with Crippen LogP contribution in [0.5, 0.6) is 0 Å². The van der Waals surface area contributed by atoms with Crippen LogP contribution in [0, 0.1) is 0 Å². The van der Waals surface area contributed by atoms with Crippen molar-refractivity contribution >= 4 is 29.1 Å². The highest BCUT2D eigenvalue weighted by Gasteiger charge is 2.03. The fourth-order valence-electron chi connectivity index (χ4n) is 1.25. The molecule has 6 heteroatoms. The summed E-state index contributed by atoms with van der Waals surface area (Å²) in [5.74, 6) is 0.190. The number of hydrogen-bond donors (Lipinski definition) is 3. The van der Waals surface area contributed by atoms with Gasteiger partial charge in [0.05, 0.1) is 18.6 Å². The second-order valence-electron chi connectivity index (χ2n) is 3.61. The third-order valence-electron chi connectivity index (χ3n) is 2.13. The topological polar surface area (TPSA) is 70.6 Å². The molecule has 100 valence electrons. The second kappa shape index (κ2) is 7.79. The smallest absolute Gasteiger partial charge is 0.411 e. The minimum Gasteiger partial charge on any atom is -0.450 e. The van der Waals surface area contributed by atoms with Crippen LogP contribution in [0.2, 0.25) is 0 Å². The first-order valence-electron chi connectivity index (χ1n) is 5.67. The number of carbonyl (C=O) groups is 1. The van der Waals surface area contributed by atoms with E-state index < -0.39 is 12.2 Å². The molecule has 0 aliphatic heterocycles. The van der Waals surface area contributed by atoms with Crippen molar-refractivity contribution in [3.8, 4) is 0 Å². The SMILES string of the molecule is CCOC(=O)Nc1ccc(NCC(O)CCl)cc1. The standard InChI is InChI=1S/C12H17ClN2O3/c1-2-18-12(17)15-10-5-3-9(4-6-10)14-8-11(16)7-13/h3-6,11,14,16H,2,7-8H2,1H3,(H,15,17). The summed E-state index contributed by atoms with van der Waals surface area (Å²) in [6.45, 7) is 2.46. The lowest BCUT2D eigenvalue weighted by Crippen LogP contribution is -2.20. The molecule has 0 saturated heterocycles. The van der Waals surface area contributed by atoms with Gasteiger partial charge in [0.2, 0.25) is 0 Å². The van der Waals surface area contributed by atoms with E-state index in [1.807, 2.05) is 0 Å². The number of carbonyl (C=O) groups excluding carboxylic acids is 1. The maximum absolute atomic E-state index is 11.2. The number of amides is 1. The van der Waals surface area contributed by atoms with E-state index in [1.165, 1.54) is 0 Å². The third-order valence-corrected chi connectivity index (χ3v) is 2.48. The predicted molar refractivity (Wildman–Crippen MR) is 72.3 cm³/mol. The van der Waals surface area contributed by atoms with E-state index in [2.05, 4.69) is 10.6 Å². The minimum absolute atomic E-state index is 0.190. The molecule has 1 rings (SSSR count). The number of nitrogens with one attached hydrogen (secondary N) is 2. The molecule has 0 fully saturated rings. The molecule has 1 aromatic rings. The first-order chi connectivity index (χ1) is 8.65. The Bertz CT molecular complexity index is 370. The van der Waals surface area contributed by atoms with Crippen molar-refractivity contribution in [3.63, 3.8) is 0 Å². The van der Waals surface area contributed by atoms with Crippen LogP contribution in [-0.4, -0.2) is 36.3 Å². The van der Waals surface area contributed by atoms with Gasteiger partial charge in [-0.1, -0.05) is 0 Å². The Labute approximate surface area is 111 Å². The summed E-state index contributed by atoms with van der Waals surface area (Å²) in [6.07, 6.45) is -1.06. The number of aliphatic hydroxyl groups excluding tert-OH is 1. The molecule has 1 unspecified atom stereocenters. The number of benzene rings is 1. The van der Waals surface area contributed by atoms with Crippen LogP contribution in [0.15, 0.2) is 24.3 Å². The van der Waals surface area contributed by atoms with Crippen molar-refractivity contribution in [3.05, 3.63) is 24.3 Å². The van der Waals surface area contributed by atoms with Crippen molar-refractivity contribution in [2.75, 3.05) is 29.7 Å². The van der Waals surface area contributed by atoms with E-state index >= 15 is 0 Å². The molecule has 1 amide bonds. The normalized spacial score (nSPS) is 11.7. The van der Waals surface area contributed by atoms with Crippen LogP contribution in [0.3, 0.4) is 0 Å². The molecule has 0 spiro atoms. The first kappa shape index (κ1) is 14.6. The lowest BCUT2D eigenvalue weighted by Gasteiger charge is -2.10. The Balaban J connectivity index is 2.44. The highest BCUT2D eigenvalue weighted by molar-refractivity contribution is 6.18. The number of ether oxygens (including phenoxy) is 1. The van der Waals surface area contributed by atoms with Gasteiger partial charge in [0, 0.05) is 17.9 Å². The van der Waals surface area contributed by atoms with Gasteiger partial charge >= 0.3 is 6.09 Å². The average Bonchev–Trinajstić information content (AvgIpc) is 2.37. The molecule has 0 bridgehead atoms. The van der Waals surface area contributed by atoms with Gasteiger partial charge in [-0.2, -0.15) is 0 Å². The van der Waals surface area contributed by atoms with Crippen molar-refractivity contribution in [1.29, 1.82) is 0 Å². The summed E-state index contributed by atoms with van der Waals surface area (Å²) in [6, 6.07) is 7.07. The summed E-state index contributed by atoms with van der Waals surface area (Å²) in [5.41, 5.74) is 1.49. The summed E-state index contributed by atoms with van der Waals surface area (Å²) in [5, 5.41) is 14.9.